The van der Waals surface area contributed by atoms with E-state index < -0.39 is 42.1 Å². The van der Waals surface area contributed by atoms with E-state index in [1.807, 2.05) is 0 Å². The predicted molar refractivity (Wildman–Crippen MR) is 137 cm³/mol. The number of alkyl carbamates (subject to hydrolysis) is 1. The van der Waals surface area contributed by atoms with Gasteiger partial charge in [-0.15, -0.1) is 0 Å². The van der Waals surface area contributed by atoms with Crippen molar-refractivity contribution in [3.8, 4) is 0 Å². The number of nitrogens with one attached hydrogen (secondary N) is 3. The molecule has 1 rings (SSSR count). The first-order valence-corrected chi connectivity index (χ1v) is 13.1. The van der Waals surface area contributed by atoms with Gasteiger partial charge in [-0.3, -0.25) is 19.2 Å². The van der Waals surface area contributed by atoms with Gasteiger partial charge in [-0.05, 0) is 33.1 Å². The molecule has 1 saturated heterocycles. The molecule has 0 radical (unpaired) electrons. The summed E-state index contributed by atoms with van der Waals surface area (Å²) in [5.74, 6) is -1.98. The SMILES string of the molecule is CNO[C@H](COC(C)=O)[C@@H](C[C@H](COCCCCCNC(=O)OC[C@H]1COC(C)(C)O1)NC(C)=O)OC(C)=O. The summed E-state index contributed by atoms with van der Waals surface area (Å²) in [6, 6.07) is -0.483. The quantitative estimate of drug-likeness (QED) is 0.0882. The van der Waals surface area contributed by atoms with Gasteiger partial charge < -0.3 is 39.1 Å². The minimum Gasteiger partial charge on any atom is -0.463 e. The molecule has 3 N–H and O–H groups in total. The van der Waals surface area contributed by atoms with Gasteiger partial charge in [0.15, 0.2) is 5.79 Å². The minimum atomic E-state index is -0.820. The molecule has 14 heteroatoms. The Kier molecular flexibility index (Phi) is 16.6. The Bertz CT molecular complexity index is 766. The van der Waals surface area contributed by atoms with E-state index in [0.717, 1.165) is 19.3 Å². The Morgan fingerprint density at radius 3 is 2.31 bits per heavy atom. The summed E-state index contributed by atoms with van der Waals surface area (Å²) in [7, 11) is 1.53. The van der Waals surface area contributed by atoms with Crippen LogP contribution in [0.4, 0.5) is 4.79 Å². The summed E-state index contributed by atoms with van der Waals surface area (Å²) in [6.45, 7) is 8.92. The zero-order chi connectivity index (χ0) is 29.3. The van der Waals surface area contributed by atoms with Gasteiger partial charge in [-0.25, -0.2) is 10.3 Å². The molecule has 226 valence electrons. The number of esters is 2. The number of amides is 2. The molecular formula is C25H45N3O11. The summed E-state index contributed by atoms with van der Waals surface area (Å²) in [5, 5.41) is 5.49. The van der Waals surface area contributed by atoms with Crippen LogP contribution in [0.1, 0.15) is 60.3 Å². The average Bonchev–Trinajstić information content (AvgIpc) is 3.19. The summed E-state index contributed by atoms with van der Waals surface area (Å²) in [5.41, 5.74) is 2.52. The minimum absolute atomic E-state index is 0.127. The first-order chi connectivity index (χ1) is 18.4. The monoisotopic (exact) mass is 563 g/mol. The highest BCUT2D eigenvalue weighted by atomic mass is 16.7. The Hall–Kier alpha value is -2.52. The third-order valence-corrected chi connectivity index (χ3v) is 5.40. The molecule has 0 aromatic heterocycles. The Balaban J connectivity index is 2.36. The van der Waals surface area contributed by atoms with E-state index in [4.69, 9.17) is 33.3 Å². The van der Waals surface area contributed by atoms with Gasteiger partial charge in [0.2, 0.25) is 5.91 Å². The number of hydrogen-bond donors (Lipinski definition) is 3. The fourth-order valence-corrected chi connectivity index (χ4v) is 3.78. The van der Waals surface area contributed by atoms with Crippen LogP contribution in [0.15, 0.2) is 0 Å². The van der Waals surface area contributed by atoms with E-state index in [0.29, 0.717) is 19.8 Å². The van der Waals surface area contributed by atoms with E-state index in [2.05, 4.69) is 16.1 Å². The van der Waals surface area contributed by atoms with Crippen LogP contribution in [-0.4, -0.2) is 101 Å². The fraction of sp³-hybridized carbons (Fsp3) is 0.840. The van der Waals surface area contributed by atoms with Crippen LogP contribution in [0.2, 0.25) is 0 Å². The molecule has 1 heterocycles. The Morgan fingerprint density at radius 2 is 1.72 bits per heavy atom. The van der Waals surface area contributed by atoms with Crippen molar-refractivity contribution >= 4 is 23.9 Å². The molecule has 0 saturated carbocycles. The maximum absolute atomic E-state index is 11.8. The van der Waals surface area contributed by atoms with Gasteiger partial charge in [-0.2, -0.15) is 0 Å². The van der Waals surface area contributed by atoms with Gasteiger partial charge in [0.1, 0.15) is 31.5 Å². The van der Waals surface area contributed by atoms with Crippen LogP contribution >= 0.6 is 0 Å². The Morgan fingerprint density at radius 1 is 0.974 bits per heavy atom. The van der Waals surface area contributed by atoms with E-state index in [1.165, 1.54) is 27.8 Å². The number of hydroxylamine groups is 1. The lowest BCUT2D eigenvalue weighted by Gasteiger charge is -2.29. The van der Waals surface area contributed by atoms with Crippen molar-refractivity contribution in [2.45, 2.75) is 90.4 Å². The van der Waals surface area contributed by atoms with Gasteiger partial charge in [-0.1, -0.05) is 0 Å². The molecule has 0 unspecified atom stereocenters. The summed E-state index contributed by atoms with van der Waals surface area (Å²) >= 11 is 0. The molecule has 0 aromatic carbocycles. The van der Waals surface area contributed by atoms with Crippen molar-refractivity contribution in [3.05, 3.63) is 0 Å². The van der Waals surface area contributed by atoms with Crippen molar-refractivity contribution < 1.29 is 52.4 Å². The highest BCUT2D eigenvalue weighted by molar-refractivity contribution is 5.73. The second kappa shape index (κ2) is 18.7. The number of carbonyl (C=O) groups excluding carboxylic acids is 4. The van der Waals surface area contributed by atoms with Crippen molar-refractivity contribution in [3.63, 3.8) is 0 Å². The van der Waals surface area contributed by atoms with Gasteiger partial charge in [0.25, 0.3) is 0 Å². The van der Waals surface area contributed by atoms with Crippen LogP contribution in [0.3, 0.4) is 0 Å². The number of carbonyl (C=O) groups is 4. The van der Waals surface area contributed by atoms with Crippen LogP contribution in [0.25, 0.3) is 0 Å². The van der Waals surface area contributed by atoms with E-state index in [-0.39, 0.29) is 38.3 Å². The fourth-order valence-electron chi connectivity index (χ4n) is 3.78. The molecule has 39 heavy (non-hydrogen) atoms. The van der Waals surface area contributed by atoms with Crippen LogP contribution in [0, 0.1) is 0 Å². The smallest absolute Gasteiger partial charge is 0.407 e. The van der Waals surface area contributed by atoms with Crippen LogP contribution in [-0.2, 0) is 47.6 Å². The molecule has 1 aliphatic heterocycles. The van der Waals surface area contributed by atoms with Gasteiger partial charge in [0.05, 0.1) is 19.3 Å². The largest absolute Gasteiger partial charge is 0.463 e. The molecule has 2 amide bonds. The predicted octanol–water partition coefficient (Wildman–Crippen LogP) is 0.960. The standard InChI is InChI=1S/C25H45N3O11/c1-17(29)28-20(12-22(37-19(3)31)23(39-26-6)16-34-18(2)30)13-33-11-9-7-8-10-27-24(32)35-14-21-15-36-25(4,5)38-21/h20-23,26H,7-16H2,1-6H3,(H,27,32)(H,28,29)/t20-,21+,22-,23-/m1/s1. The molecule has 1 aliphatic rings. The molecule has 1 fully saturated rings. The highest BCUT2D eigenvalue weighted by Gasteiger charge is 2.33. The molecule has 0 bridgehead atoms. The molecule has 0 spiro atoms. The van der Waals surface area contributed by atoms with Crippen molar-refractivity contribution in [1.29, 1.82) is 0 Å². The first kappa shape index (κ1) is 34.5. The zero-order valence-electron chi connectivity index (χ0n) is 23.9. The number of ether oxygens (including phenoxy) is 6. The topological polar surface area (TPSA) is 169 Å². The van der Waals surface area contributed by atoms with Crippen LogP contribution < -0.4 is 16.1 Å². The van der Waals surface area contributed by atoms with Crippen molar-refractivity contribution in [2.75, 3.05) is 46.6 Å². The van der Waals surface area contributed by atoms with Crippen LogP contribution in [0.5, 0.6) is 0 Å². The molecule has 4 atom stereocenters. The van der Waals surface area contributed by atoms with E-state index in [1.54, 1.807) is 13.8 Å². The number of hydrogen-bond acceptors (Lipinski definition) is 12. The normalized spacial score (nSPS) is 18.5. The Labute approximate surface area is 230 Å². The maximum Gasteiger partial charge on any atom is 0.407 e. The van der Waals surface area contributed by atoms with Gasteiger partial charge >= 0.3 is 18.0 Å². The lowest BCUT2D eigenvalue weighted by Crippen LogP contribution is -2.46. The summed E-state index contributed by atoms with van der Waals surface area (Å²) < 4.78 is 32.3. The lowest BCUT2D eigenvalue weighted by molar-refractivity contribution is -0.171. The number of unbranched alkanes of at least 4 members (excludes halogenated alkanes) is 2. The summed E-state index contributed by atoms with van der Waals surface area (Å²) in [6.07, 6.45) is 0.0421. The second-order valence-electron chi connectivity index (χ2n) is 9.56. The third-order valence-electron chi connectivity index (χ3n) is 5.40. The van der Waals surface area contributed by atoms with Gasteiger partial charge in [0, 0.05) is 47.4 Å². The average molecular weight is 564 g/mol. The van der Waals surface area contributed by atoms with E-state index >= 15 is 0 Å². The maximum atomic E-state index is 11.8. The summed E-state index contributed by atoms with van der Waals surface area (Å²) in [4.78, 5) is 51.9. The lowest BCUT2D eigenvalue weighted by atomic mass is 10.0. The zero-order valence-corrected chi connectivity index (χ0v) is 23.9. The second-order valence-corrected chi connectivity index (χ2v) is 9.56. The molecular weight excluding hydrogens is 518 g/mol. The molecule has 0 aromatic rings. The van der Waals surface area contributed by atoms with E-state index in [9.17, 15) is 19.2 Å². The van der Waals surface area contributed by atoms with Crippen molar-refractivity contribution in [1.82, 2.24) is 16.1 Å². The molecule has 0 aliphatic carbocycles. The third kappa shape index (κ3) is 16.9. The highest BCUT2D eigenvalue weighted by Crippen LogP contribution is 2.22. The van der Waals surface area contributed by atoms with Crippen molar-refractivity contribution in [2.24, 2.45) is 0 Å². The molecule has 14 nitrogen and oxygen atoms in total. The number of rotatable bonds is 19. The first-order valence-electron chi connectivity index (χ1n) is 13.1.